The van der Waals surface area contributed by atoms with E-state index in [2.05, 4.69) is 25.7 Å². The summed E-state index contributed by atoms with van der Waals surface area (Å²) >= 11 is 0. The molecule has 1 aliphatic heterocycles. The molecule has 0 atom stereocenters. The molecule has 2 aromatic rings. The van der Waals surface area contributed by atoms with Crippen molar-refractivity contribution in [2.24, 2.45) is 0 Å². The van der Waals surface area contributed by atoms with Crippen molar-refractivity contribution in [1.82, 2.24) is 9.21 Å². The van der Waals surface area contributed by atoms with Crippen molar-refractivity contribution in [3.63, 3.8) is 0 Å². The van der Waals surface area contributed by atoms with Crippen molar-refractivity contribution in [3.05, 3.63) is 59.4 Å². The second kappa shape index (κ2) is 8.42. The van der Waals surface area contributed by atoms with Crippen LogP contribution in [0.2, 0.25) is 0 Å². The molecule has 1 aliphatic rings. The summed E-state index contributed by atoms with van der Waals surface area (Å²) in [6, 6.07) is 12.1. The van der Waals surface area contributed by atoms with Crippen LogP contribution in [0.4, 0.5) is 4.39 Å². The number of methoxy groups -OCH3 is 1. The van der Waals surface area contributed by atoms with E-state index in [0.29, 0.717) is 37.6 Å². The van der Waals surface area contributed by atoms with Gasteiger partial charge in [-0.15, -0.1) is 0 Å². The Kier molecular flexibility index (Phi) is 6.31. The van der Waals surface area contributed by atoms with Gasteiger partial charge in [-0.05, 0) is 40.8 Å². The van der Waals surface area contributed by atoms with Crippen molar-refractivity contribution < 1.29 is 17.5 Å². The quantitative estimate of drug-likeness (QED) is 0.741. The first-order valence-corrected chi connectivity index (χ1v) is 11.2. The van der Waals surface area contributed by atoms with Crippen molar-refractivity contribution in [3.8, 4) is 5.75 Å². The SMILES string of the molecule is COc1ccc(CN2CCN(S(=O)(=O)c3ccc(C(C)(C)C)cc3)CC2)cc1F. The zero-order valence-corrected chi connectivity index (χ0v) is 18.3. The molecule has 1 saturated heterocycles. The van der Waals surface area contributed by atoms with Gasteiger partial charge < -0.3 is 4.74 Å². The van der Waals surface area contributed by atoms with E-state index in [1.807, 2.05) is 18.2 Å². The molecule has 158 valence electrons. The summed E-state index contributed by atoms with van der Waals surface area (Å²) in [7, 11) is -2.07. The number of nitrogens with zero attached hydrogens (tertiary/aromatic N) is 2. The molecule has 0 bridgehead atoms. The molecule has 0 spiro atoms. The van der Waals surface area contributed by atoms with E-state index < -0.39 is 10.0 Å². The van der Waals surface area contributed by atoms with E-state index in [1.54, 1.807) is 18.2 Å². The van der Waals surface area contributed by atoms with E-state index >= 15 is 0 Å². The summed E-state index contributed by atoms with van der Waals surface area (Å²) in [6.07, 6.45) is 0. The standard InChI is InChI=1S/C22H29FN2O3S/c1-22(2,3)18-6-8-19(9-7-18)29(26,27)25-13-11-24(12-14-25)16-17-5-10-21(28-4)20(23)15-17/h5-10,15H,11-14,16H2,1-4H3. The number of benzene rings is 2. The maximum atomic E-state index is 13.9. The van der Waals surface area contributed by atoms with Gasteiger partial charge in [0.25, 0.3) is 0 Å². The minimum atomic E-state index is -3.51. The van der Waals surface area contributed by atoms with Crippen LogP contribution in [0.15, 0.2) is 47.4 Å². The largest absolute Gasteiger partial charge is 0.494 e. The number of hydrogen-bond donors (Lipinski definition) is 0. The van der Waals surface area contributed by atoms with Crippen LogP contribution < -0.4 is 4.74 Å². The van der Waals surface area contributed by atoms with Gasteiger partial charge in [-0.3, -0.25) is 4.90 Å². The van der Waals surface area contributed by atoms with E-state index in [9.17, 15) is 12.8 Å². The van der Waals surface area contributed by atoms with Crippen LogP contribution >= 0.6 is 0 Å². The fraction of sp³-hybridized carbons (Fsp3) is 0.455. The predicted octanol–water partition coefficient (Wildman–Crippen LogP) is 3.64. The number of sulfonamides is 1. The molecule has 0 amide bonds. The van der Waals surface area contributed by atoms with Crippen molar-refractivity contribution in [2.45, 2.75) is 37.6 Å². The molecule has 0 N–H and O–H groups in total. The average molecular weight is 421 g/mol. The number of halogens is 1. The molecule has 5 nitrogen and oxygen atoms in total. The molecular formula is C22H29FN2O3S. The summed E-state index contributed by atoms with van der Waals surface area (Å²) in [6.45, 7) is 8.93. The molecule has 0 radical (unpaired) electrons. The Labute approximate surface area is 173 Å². The Morgan fingerprint density at radius 2 is 1.62 bits per heavy atom. The number of piperazine rings is 1. The number of ether oxygens (including phenoxy) is 1. The highest BCUT2D eigenvalue weighted by molar-refractivity contribution is 7.89. The topological polar surface area (TPSA) is 49.9 Å². The summed E-state index contributed by atoms with van der Waals surface area (Å²) in [4.78, 5) is 2.46. The van der Waals surface area contributed by atoms with E-state index in [1.165, 1.54) is 17.5 Å². The molecular weight excluding hydrogens is 391 g/mol. The third-order valence-corrected chi connectivity index (χ3v) is 7.22. The van der Waals surface area contributed by atoms with Gasteiger partial charge >= 0.3 is 0 Å². The Morgan fingerprint density at radius 3 is 2.14 bits per heavy atom. The Balaban J connectivity index is 1.63. The molecule has 0 aliphatic carbocycles. The van der Waals surface area contributed by atoms with Crippen LogP contribution in [0.25, 0.3) is 0 Å². The van der Waals surface area contributed by atoms with Crippen LogP contribution in [-0.2, 0) is 22.0 Å². The van der Waals surface area contributed by atoms with Gasteiger partial charge in [0.2, 0.25) is 10.0 Å². The Bertz CT molecular complexity index is 945. The van der Waals surface area contributed by atoms with Crippen LogP contribution in [0.5, 0.6) is 5.75 Å². The highest BCUT2D eigenvalue weighted by atomic mass is 32.2. The number of rotatable bonds is 5. The summed E-state index contributed by atoms with van der Waals surface area (Å²) < 4.78 is 46.3. The molecule has 7 heteroatoms. The van der Waals surface area contributed by atoms with Crippen molar-refractivity contribution in [1.29, 1.82) is 0 Å². The first-order valence-electron chi connectivity index (χ1n) is 9.77. The highest BCUT2D eigenvalue weighted by Gasteiger charge is 2.29. The summed E-state index contributed by atoms with van der Waals surface area (Å²) in [5, 5.41) is 0. The normalized spacial score (nSPS) is 16.7. The summed E-state index contributed by atoms with van der Waals surface area (Å²) in [5.74, 6) is -0.160. The second-order valence-corrected chi connectivity index (χ2v) is 10.4. The van der Waals surface area contributed by atoms with Crippen molar-refractivity contribution in [2.75, 3.05) is 33.3 Å². The van der Waals surface area contributed by atoms with E-state index in [4.69, 9.17) is 4.74 Å². The van der Waals surface area contributed by atoms with Crippen LogP contribution in [-0.4, -0.2) is 50.9 Å². The van der Waals surface area contributed by atoms with Crippen LogP contribution in [0, 0.1) is 5.82 Å². The van der Waals surface area contributed by atoms with E-state index in [0.717, 1.165) is 11.1 Å². The fourth-order valence-corrected chi connectivity index (χ4v) is 4.89. The molecule has 0 aromatic heterocycles. The van der Waals surface area contributed by atoms with E-state index in [-0.39, 0.29) is 17.0 Å². The van der Waals surface area contributed by atoms with Gasteiger partial charge in [-0.2, -0.15) is 4.31 Å². The van der Waals surface area contributed by atoms with Gasteiger partial charge in [-0.1, -0.05) is 39.0 Å². The van der Waals surface area contributed by atoms with Gasteiger partial charge in [0, 0.05) is 32.7 Å². The minimum Gasteiger partial charge on any atom is -0.494 e. The first-order chi connectivity index (χ1) is 13.6. The molecule has 0 saturated carbocycles. The zero-order valence-electron chi connectivity index (χ0n) is 17.5. The summed E-state index contributed by atoms with van der Waals surface area (Å²) in [5.41, 5.74) is 1.93. The minimum absolute atomic E-state index is 0.0190. The van der Waals surface area contributed by atoms with Crippen LogP contribution in [0.3, 0.4) is 0 Å². The molecule has 1 fully saturated rings. The lowest BCUT2D eigenvalue weighted by Crippen LogP contribution is -2.48. The molecule has 2 aromatic carbocycles. The third kappa shape index (κ3) is 4.97. The smallest absolute Gasteiger partial charge is 0.243 e. The second-order valence-electron chi connectivity index (χ2n) is 8.42. The van der Waals surface area contributed by atoms with Crippen LogP contribution in [0.1, 0.15) is 31.9 Å². The van der Waals surface area contributed by atoms with Gasteiger partial charge in [0.1, 0.15) is 0 Å². The van der Waals surface area contributed by atoms with Gasteiger partial charge in [0.15, 0.2) is 11.6 Å². The lowest BCUT2D eigenvalue weighted by molar-refractivity contribution is 0.181. The third-order valence-electron chi connectivity index (χ3n) is 5.31. The highest BCUT2D eigenvalue weighted by Crippen LogP contribution is 2.25. The maximum absolute atomic E-state index is 13.9. The Morgan fingerprint density at radius 1 is 1.00 bits per heavy atom. The Hall–Kier alpha value is -1.96. The molecule has 0 unspecified atom stereocenters. The lowest BCUT2D eigenvalue weighted by Gasteiger charge is -2.34. The monoisotopic (exact) mass is 420 g/mol. The number of hydrogen-bond acceptors (Lipinski definition) is 4. The molecule has 1 heterocycles. The fourth-order valence-electron chi connectivity index (χ4n) is 3.47. The maximum Gasteiger partial charge on any atom is 0.243 e. The average Bonchev–Trinajstić information content (AvgIpc) is 2.68. The van der Waals surface area contributed by atoms with Gasteiger partial charge in [-0.25, -0.2) is 12.8 Å². The van der Waals surface area contributed by atoms with Gasteiger partial charge in [0.05, 0.1) is 12.0 Å². The van der Waals surface area contributed by atoms with Crippen molar-refractivity contribution >= 4 is 10.0 Å². The lowest BCUT2D eigenvalue weighted by atomic mass is 9.87. The zero-order chi connectivity index (χ0) is 21.2. The predicted molar refractivity (Wildman–Crippen MR) is 112 cm³/mol. The molecule has 3 rings (SSSR count). The first kappa shape index (κ1) is 21.7. The molecule has 29 heavy (non-hydrogen) atoms.